The van der Waals surface area contributed by atoms with Crippen molar-refractivity contribution in [2.75, 3.05) is 32.8 Å². The van der Waals surface area contributed by atoms with Crippen molar-refractivity contribution in [2.24, 2.45) is 0 Å². The fourth-order valence-corrected chi connectivity index (χ4v) is 2.78. The van der Waals surface area contributed by atoms with Crippen LogP contribution in [0, 0.1) is 0 Å². The second kappa shape index (κ2) is 6.22. The molecule has 3 heterocycles. The van der Waals surface area contributed by atoms with Crippen molar-refractivity contribution >= 4 is 11.8 Å². The molecule has 6 heteroatoms. The molecule has 3 rings (SSSR count). The SMILES string of the molecule is O=C(c1ccncc1)N1CCN(C(=O)C2CCCO2)CC1. The van der Waals surface area contributed by atoms with Gasteiger partial charge in [-0.15, -0.1) is 0 Å². The van der Waals surface area contributed by atoms with Gasteiger partial charge in [-0.05, 0) is 25.0 Å². The summed E-state index contributed by atoms with van der Waals surface area (Å²) in [6.45, 7) is 2.97. The van der Waals surface area contributed by atoms with E-state index in [0.717, 1.165) is 12.8 Å². The summed E-state index contributed by atoms with van der Waals surface area (Å²) < 4.78 is 5.43. The fourth-order valence-electron chi connectivity index (χ4n) is 2.78. The smallest absolute Gasteiger partial charge is 0.254 e. The van der Waals surface area contributed by atoms with E-state index in [-0.39, 0.29) is 17.9 Å². The second-order valence-electron chi connectivity index (χ2n) is 5.36. The summed E-state index contributed by atoms with van der Waals surface area (Å²) in [5.41, 5.74) is 0.643. The number of aromatic nitrogens is 1. The van der Waals surface area contributed by atoms with Gasteiger partial charge in [0.25, 0.3) is 11.8 Å². The standard InChI is InChI=1S/C15H19N3O3/c19-14(12-3-5-16-6-4-12)17-7-9-18(10-8-17)15(20)13-2-1-11-21-13/h3-6,13H,1-2,7-11H2. The molecule has 0 radical (unpaired) electrons. The summed E-state index contributed by atoms with van der Waals surface area (Å²) in [6, 6.07) is 3.43. The number of ether oxygens (including phenoxy) is 1. The molecular weight excluding hydrogens is 270 g/mol. The van der Waals surface area contributed by atoms with Crippen molar-refractivity contribution < 1.29 is 14.3 Å². The maximum Gasteiger partial charge on any atom is 0.254 e. The van der Waals surface area contributed by atoms with Crippen LogP contribution in [0.3, 0.4) is 0 Å². The maximum absolute atomic E-state index is 12.3. The molecule has 0 spiro atoms. The molecular formula is C15H19N3O3. The van der Waals surface area contributed by atoms with Gasteiger partial charge in [-0.2, -0.15) is 0 Å². The average molecular weight is 289 g/mol. The summed E-state index contributed by atoms with van der Waals surface area (Å²) in [5, 5.41) is 0. The Morgan fingerprint density at radius 3 is 2.38 bits per heavy atom. The lowest BCUT2D eigenvalue weighted by molar-refractivity contribution is -0.142. The van der Waals surface area contributed by atoms with Gasteiger partial charge in [0.2, 0.25) is 0 Å². The lowest BCUT2D eigenvalue weighted by Crippen LogP contribution is -2.52. The lowest BCUT2D eigenvalue weighted by atomic mass is 10.2. The number of piperazine rings is 1. The van der Waals surface area contributed by atoms with Crippen molar-refractivity contribution in [1.29, 1.82) is 0 Å². The number of amides is 2. The molecule has 1 unspecified atom stereocenters. The van der Waals surface area contributed by atoms with Crippen LogP contribution in [0.4, 0.5) is 0 Å². The van der Waals surface area contributed by atoms with Gasteiger partial charge in [-0.25, -0.2) is 0 Å². The molecule has 0 aliphatic carbocycles. The first-order valence-corrected chi connectivity index (χ1v) is 7.35. The average Bonchev–Trinajstić information content (AvgIpc) is 3.09. The fraction of sp³-hybridized carbons (Fsp3) is 0.533. The van der Waals surface area contributed by atoms with Gasteiger partial charge < -0.3 is 14.5 Å². The van der Waals surface area contributed by atoms with Crippen LogP contribution in [0.1, 0.15) is 23.2 Å². The zero-order chi connectivity index (χ0) is 14.7. The lowest BCUT2D eigenvalue weighted by Gasteiger charge is -2.35. The number of hydrogen-bond acceptors (Lipinski definition) is 4. The Hall–Kier alpha value is -1.95. The molecule has 2 aliphatic heterocycles. The van der Waals surface area contributed by atoms with Crippen molar-refractivity contribution in [1.82, 2.24) is 14.8 Å². The summed E-state index contributed by atoms with van der Waals surface area (Å²) >= 11 is 0. The van der Waals surface area contributed by atoms with E-state index in [4.69, 9.17) is 4.74 Å². The third kappa shape index (κ3) is 3.05. The Kier molecular flexibility index (Phi) is 4.15. The minimum Gasteiger partial charge on any atom is -0.368 e. The first-order chi connectivity index (χ1) is 10.3. The minimum atomic E-state index is -0.271. The quantitative estimate of drug-likeness (QED) is 0.797. The molecule has 1 aromatic heterocycles. The number of rotatable bonds is 2. The van der Waals surface area contributed by atoms with Crippen LogP contribution in [0.15, 0.2) is 24.5 Å². The van der Waals surface area contributed by atoms with Crippen molar-refractivity contribution in [3.63, 3.8) is 0 Å². The number of carbonyl (C=O) groups is 2. The highest BCUT2D eigenvalue weighted by Gasteiger charge is 2.31. The minimum absolute atomic E-state index is 0.00150. The molecule has 112 valence electrons. The van der Waals surface area contributed by atoms with Gasteiger partial charge in [0.05, 0.1) is 0 Å². The van der Waals surface area contributed by atoms with E-state index < -0.39 is 0 Å². The molecule has 1 aromatic rings. The summed E-state index contributed by atoms with van der Waals surface area (Å²) in [4.78, 5) is 32.1. The van der Waals surface area contributed by atoms with E-state index in [9.17, 15) is 9.59 Å². The molecule has 0 bridgehead atoms. The zero-order valence-electron chi connectivity index (χ0n) is 11.9. The van der Waals surface area contributed by atoms with Crippen LogP contribution >= 0.6 is 0 Å². The highest BCUT2D eigenvalue weighted by Crippen LogP contribution is 2.16. The van der Waals surface area contributed by atoms with Crippen LogP contribution < -0.4 is 0 Å². The molecule has 2 saturated heterocycles. The van der Waals surface area contributed by atoms with Gasteiger partial charge in [0.1, 0.15) is 6.10 Å². The maximum atomic E-state index is 12.3. The van der Waals surface area contributed by atoms with Gasteiger partial charge in [0, 0.05) is 50.7 Å². The molecule has 2 aliphatic rings. The molecule has 2 fully saturated rings. The number of pyridine rings is 1. The Morgan fingerprint density at radius 1 is 1.10 bits per heavy atom. The molecule has 1 atom stereocenters. The highest BCUT2D eigenvalue weighted by molar-refractivity contribution is 5.94. The van der Waals surface area contributed by atoms with E-state index >= 15 is 0 Å². The highest BCUT2D eigenvalue weighted by atomic mass is 16.5. The van der Waals surface area contributed by atoms with E-state index in [0.29, 0.717) is 38.3 Å². The Morgan fingerprint density at radius 2 is 1.76 bits per heavy atom. The number of hydrogen-bond donors (Lipinski definition) is 0. The van der Waals surface area contributed by atoms with Gasteiger partial charge in [0.15, 0.2) is 0 Å². The second-order valence-corrected chi connectivity index (χ2v) is 5.36. The Bertz CT molecular complexity index is 506. The van der Waals surface area contributed by atoms with E-state index in [1.807, 2.05) is 4.90 Å². The third-order valence-electron chi connectivity index (χ3n) is 4.01. The Balaban J connectivity index is 1.55. The first-order valence-electron chi connectivity index (χ1n) is 7.35. The summed E-state index contributed by atoms with van der Waals surface area (Å²) in [6.07, 6.45) is 4.73. The van der Waals surface area contributed by atoms with Crippen LogP contribution in [-0.4, -0.2) is 65.5 Å². The first kappa shape index (κ1) is 14.0. The van der Waals surface area contributed by atoms with Crippen LogP contribution in [0.25, 0.3) is 0 Å². The number of carbonyl (C=O) groups excluding carboxylic acids is 2. The Labute approximate surface area is 123 Å². The zero-order valence-corrected chi connectivity index (χ0v) is 11.9. The predicted octanol–water partition coefficient (Wildman–Crippen LogP) is 0.545. The molecule has 0 saturated carbocycles. The summed E-state index contributed by atoms with van der Waals surface area (Å²) in [5.74, 6) is 0.0742. The molecule has 6 nitrogen and oxygen atoms in total. The molecule has 0 N–H and O–H groups in total. The van der Waals surface area contributed by atoms with E-state index in [2.05, 4.69) is 4.98 Å². The van der Waals surface area contributed by atoms with Crippen molar-refractivity contribution in [3.05, 3.63) is 30.1 Å². The third-order valence-corrected chi connectivity index (χ3v) is 4.01. The van der Waals surface area contributed by atoms with Gasteiger partial charge >= 0.3 is 0 Å². The topological polar surface area (TPSA) is 62.7 Å². The number of nitrogens with zero attached hydrogens (tertiary/aromatic N) is 3. The van der Waals surface area contributed by atoms with E-state index in [1.54, 1.807) is 29.4 Å². The van der Waals surface area contributed by atoms with Gasteiger partial charge in [-0.3, -0.25) is 14.6 Å². The summed E-state index contributed by atoms with van der Waals surface area (Å²) in [7, 11) is 0. The predicted molar refractivity (Wildman–Crippen MR) is 75.7 cm³/mol. The van der Waals surface area contributed by atoms with Crippen molar-refractivity contribution in [3.8, 4) is 0 Å². The van der Waals surface area contributed by atoms with E-state index in [1.165, 1.54) is 0 Å². The van der Waals surface area contributed by atoms with Crippen LogP contribution in [-0.2, 0) is 9.53 Å². The van der Waals surface area contributed by atoms with Crippen LogP contribution in [0.2, 0.25) is 0 Å². The molecule has 21 heavy (non-hydrogen) atoms. The molecule has 0 aromatic carbocycles. The monoisotopic (exact) mass is 289 g/mol. The largest absolute Gasteiger partial charge is 0.368 e. The van der Waals surface area contributed by atoms with Crippen molar-refractivity contribution in [2.45, 2.75) is 18.9 Å². The normalized spacial score (nSPS) is 22.4. The van der Waals surface area contributed by atoms with Crippen LogP contribution in [0.5, 0.6) is 0 Å². The molecule has 2 amide bonds. The van der Waals surface area contributed by atoms with Gasteiger partial charge in [-0.1, -0.05) is 0 Å².